The van der Waals surface area contributed by atoms with Gasteiger partial charge in [-0.1, -0.05) is 13.0 Å². The summed E-state index contributed by atoms with van der Waals surface area (Å²) < 4.78 is 5.44. The number of nitrogens with two attached hydrogens (primary N) is 1. The summed E-state index contributed by atoms with van der Waals surface area (Å²) >= 11 is 0. The predicted octanol–water partition coefficient (Wildman–Crippen LogP) is 2.41. The Morgan fingerprint density at radius 3 is 2.94 bits per heavy atom. The van der Waals surface area contributed by atoms with Gasteiger partial charge in [0.1, 0.15) is 0 Å². The number of nitrogen functional groups attached to an aromatic ring is 1. The number of carbonyl (C=O) groups is 1. The van der Waals surface area contributed by atoms with Crippen molar-refractivity contribution >= 4 is 17.3 Å². The number of nitrogens with one attached hydrogen (secondary N) is 1. The van der Waals surface area contributed by atoms with Crippen molar-refractivity contribution in [2.45, 2.75) is 32.8 Å². The number of anilines is 2. The van der Waals surface area contributed by atoms with Crippen LogP contribution in [0.5, 0.6) is 0 Å². The predicted molar refractivity (Wildman–Crippen MR) is 69.8 cm³/mol. The molecule has 0 radical (unpaired) electrons. The molecule has 17 heavy (non-hydrogen) atoms. The van der Waals surface area contributed by atoms with Crippen LogP contribution in [0.4, 0.5) is 11.4 Å². The highest BCUT2D eigenvalue weighted by Crippen LogP contribution is 2.11. The van der Waals surface area contributed by atoms with Gasteiger partial charge in [-0.25, -0.2) is 0 Å². The summed E-state index contributed by atoms with van der Waals surface area (Å²) in [5.74, 6) is -0.0566. The summed E-state index contributed by atoms with van der Waals surface area (Å²) in [5, 5.41) is 2.78. The van der Waals surface area contributed by atoms with E-state index in [0.29, 0.717) is 18.7 Å². The summed E-state index contributed by atoms with van der Waals surface area (Å²) in [6.07, 6.45) is 1.52. The molecule has 0 bridgehead atoms. The molecule has 0 aliphatic heterocycles. The fraction of sp³-hybridized carbons (Fsp3) is 0.462. The van der Waals surface area contributed by atoms with Crippen molar-refractivity contribution in [1.29, 1.82) is 0 Å². The van der Waals surface area contributed by atoms with Gasteiger partial charge in [-0.2, -0.15) is 0 Å². The quantitative estimate of drug-likeness (QED) is 0.745. The zero-order chi connectivity index (χ0) is 12.7. The zero-order valence-corrected chi connectivity index (χ0v) is 10.4. The van der Waals surface area contributed by atoms with Crippen LogP contribution in [0.3, 0.4) is 0 Å². The van der Waals surface area contributed by atoms with Crippen LogP contribution < -0.4 is 11.1 Å². The van der Waals surface area contributed by atoms with Crippen molar-refractivity contribution in [1.82, 2.24) is 0 Å². The molecule has 0 aliphatic carbocycles. The fourth-order valence-corrected chi connectivity index (χ4v) is 1.31. The maximum atomic E-state index is 11.6. The Labute approximate surface area is 102 Å². The van der Waals surface area contributed by atoms with Crippen molar-refractivity contribution < 1.29 is 9.53 Å². The number of hydrogen-bond donors (Lipinski definition) is 2. The Bertz CT molecular complexity index is 366. The van der Waals surface area contributed by atoms with Crippen LogP contribution in [-0.4, -0.2) is 18.6 Å². The van der Waals surface area contributed by atoms with E-state index in [-0.39, 0.29) is 12.0 Å². The summed E-state index contributed by atoms with van der Waals surface area (Å²) in [5.41, 5.74) is 6.97. The first-order valence-electron chi connectivity index (χ1n) is 5.88. The topological polar surface area (TPSA) is 64.3 Å². The van der Waals surface area contributed by atoms with Crippen LogP contribution >= 0.6 is 0 Å². The third kappa shape index (κ3) is 5.36. The second-order valence-corrected chi connectivity index (χ2v) is 4.01. The molecule has 4 nitrogen and oxygen atoms in total. The average molecular weight is 236 g/mol. The smallest absolute Gasteiger partial charge is 0.226 e. The molecule has 4 heteroatoms. The SMILES string of the molecule is CCC(C)OCCC(=O)Nc1cccc(N)c1. The Hall–Kier alpha value is -1.55. The highest BCUT2D eigenvalue weighted by molar-refractivity contribution is 5.91. The molecule has 3 N–H and O–H groups in total. The molecule has 1 atom stereocenters. The molecule has 0 fully saturated rings. The lowest BCUT2D eigenvalue weighted by Crippen LogP contribution is -2.16. The molecular weight excluding hydrogens is 216 g/mol. The molecule has 94 valence electrons. The Kier molecular flexibility index (Phi) is 5.49. The van der Waals surface area contributed by atoms with Crippen LogP contribution in [0.2, 0.25) is 0 Å². The van der Waals surface area contributed by atoms with Gasteiger partial charge in [-0.15, -0.1) is 0 Å². The monoisotopic (exact) mass is 236 g/mol. The minimum Gasteiger partial charge on any atom is -0.399 e. The fourth-order valence-electron chi connectivity index (χ4n) is 1.31. The molecule has 0 aromatic heterocycles. The van der Waals surface area contributed by atoms with Crippen LogP contribution in [0.15, 0.2) is 24.3 Å². The van der Waals surface area contributed by atoms with Crippen LogP contribution in [-0.2, 0) is 9.53 Å². The van der Waals surface area contributed by atoms with Crippen LogP contribution in [0.25, 0.3) is 0 Å². The van der Waals surface area contributed by atoms with Crippen molar-refractivity contribution in [3.63, 3.8) is 0 Å². The summed E-state index contributed by atoms with van der Waals surface area (Å²) in [6.45, 7) is 4.50. The molecule has 0 saturated carbocycles. The number of rotatable bonds is 6. The van der Waals surface area contributed by atoms with Gasteiger partial charge < -0.3 is 15.8 Å². The van der Waals surface area contributed by atoms with Crippen molar-refractivity contribution in [2.24, 2.45) is 0 Å². The molecule has 1 aromatic rings. The molecular formula is C13H20N2O2. The third-order valence-corrected chi connectivity index (χ3v) is 2.48. The Morgan fingerprint density at radius 2 is 2.29 bits per heavy atom. The summed E-state index contributed by atoms with van der Waals surface area (Å²) in [7, 11) is 0. The van der Waals surface area contributed by atoms with Gasteiger partial charge in [0.2, 0.25) is 5.91 Å². The maximum Gasteiger partial charge on any atom is 0.226 e. The standard InChI is InChI=1S/C13H20N2O2/c1-3-10(2)17-8-7-13(16)15-12-6-4-5-11(14)9-12/h4-6,9-10H,3,7-8,14H2,1-2H3,(H,15,16). The van der Waals surface area contributed by atoms with E-state index in [1.807, 2.05) is 13.0 Å². The summed E-state index contributed by atoms with van der Waals surface area (Å²) in [4.78, 5) is 11.6. The lowest BCUT2D eigenvalue weighted by molar-refractivity contribution is -0.117. The van der Waals surface area contributed by atoms with Gasteiger partial charge in [-0.3, -0.25) is 4.79 Å². The lowest BCUT2D eigenvalue weighted by Gasteiger charge is -2.10. The van der Waals surface area contributed by atoms with Gasteiger partial charge in [0.25, 0.3) is 0 Å². The van der Waals surface area contributed by atoms with E-state index in [9.17, 15) is 4.79 Å². The highest BCUT2D eigenvalue weighted by atomic mass is 16.5. The molecule has 1 amide bonds. The Morgan fingerprint density at radius 1 is 1.53 bits per heavy atom. The van der Waals surface area contributed by atoms with Crippen LogP contribution in [0, 0.1) is 0 Å². The number of benzene rings is 1. The third-order valence-electron chi connectivity index (χ3n) is 2.48. The van der Waals surface area contributed by atoms with Gasteiger partial charge >= 0.3 is 0 Å². The molecule has 1 rings (SSSR count). The van der Waals surface area contributed by atoms with Gasteiger partial charge in [0, 0.05) is 11.4 Å². The minimum absolute atomic E-state index is 0.0566. The molecule has 0 heterocycles. The van der Waals surface area contributed by atoms with E-state index in [0.717, 1.165) is 12.1 Å². The Balaban J connectivity index is 2.30. The van der Waals surface area contributed by atoms with E-state index in [1.54, 1.807) is 18.2 Å². The van der Waals surface area contributed by atoms with Crippen LogP contribution in [0.1, 0.15) is 26.7 Å². The first-order chi connectivity index (χ1) is 8.11. The molecule has 0 spiro atoms. The van der Waals surface area contributed by atoms with Crippen molar-refractivity contribution in [3.05, 3.63) is 24.3 Å². The largest absolute Gasteiger partial charge is 0.399 e. The molecule has 0 saturated heterocycles. The average Bonchev–Trinajstić information content (AvgIpc) is 2.28. The molecule has 0 aliphatic rings. The van der Waals surface area contributed by atoms with Gasteiger partial charge in [0.05, 0.1) is 19.1 Å². The van der Waals surface area contributed by atoms with E-state index in [1.165, 1.54) is 0 Å². The summed E-state index contributed by atoms with van der Waals surface area (Å²) in [6, 6.07) is 7.12. The van der Waals surface area contributed by atoms with Crippen molar-refractivity contribution in [3.8, 4) is 0 Å². The lowest BCUT2D eigenvalue weighted by atomic mass is 10.2. The number of amides is 1. The number of hydrogen-bond acceptors (Lipinski definition) is 3. The first kappa shape index (κ1) is 13.5. The van der Waals surface area contributed by atoms with E-state index in [2.05, 4.69) is 12.2 Å². The maximum absolute atomic E-state index is 11.6. The van der Waals surface area contributed by atoms with E-state index in [4.69, 9.17) is 10.5 Å². The van der Waals surface area contributed by atoms with E-state index >= 15 is 0 Å². The minimum atomic E-state index is -0.0566. The van der Waals surface area contributed by atoms with E-state index < -0.39 is 0 Å². The number of ether oxygens (including phenoxy) is 1. The van der Waals surface area contributed by atoms with Gasteiger partial charge in [0.15, 0.2) is 0 Å². The van der Waals surface area contributed by atoms with Crippen molar-refractivity contribution in [2.75, 3.05) is 17.7 Å². The normalized spacial score (nSPS) is 12.1. The number of carbonyl (C=O) groups excluding carboxylic acids is 1. The second kappa shape index (κ2) is 6.91. The van der Waals surface area contributed by atoms with Gasteiger partial charge in [-0.05, 0) is 31.5 Å². The second-order valence-electron chi connectivity index (χ2n) is 4.01. The first-order valence-corrected chi connectivity index (χ1v) is 5.88. The highest BCUT2D eigenvalue weighted by Gasteiger charge is 2.04. The molecule has 1 aromatic carbocycles. The molecule has 1 unspecified atom stereocenters. The zero-order valence-electron chi connectivity index (χ0n) is 10.4.